The third-order valence-electron chi connectivity index (χ3n) is 2.37. The molecule has 1 aromatic carbocycles. The van der Waals surface area contributed by atoms with Gasteiger partial charge in [-0.25, -0.2) is 9.18 Å². The van der Waals surface area contributed by atoms with E-state index >= 15 is 0 Å². The summed E-state index contributed by atoms with van der Waals surface area (Å²) in [5.74, 6) is -0.104. The summed E-state index contributed by atoms with van der Waals surface area (Å²) < 4.78 is 18.2. The van der Waals surface area contributed by atoms with Crippen LogP contribution < -0.4 is 10.1 Å². The van der Waals surface area contributed by atoms with E-state index in [0.717, 1.165) is 0 Å². The van der Waals surface area contributed by atoms with Gasteiger partial charge in [0.25, 0.3) is 0 Å². The highest BCUT2D eigenvalue weighted by Crippen LogP contribution is 2.25. The van der Waals surface area contributed by atoms with Crippen LogP contribution >= 0.6 is 0 Å². The molecule has 0 fully saturated rings. The number of nitrogens with zero attached hydrogens (tertiary/aromatic N) is 1. The van der Waals surface area contributed by atoms with Crippen LogP contribution in [0.2, 0.25) is 0 Å². The number of anilines is 1. The standard InChI is InChI=1S/C13H19FN2O3/c1-13(2,18)8-16(3)12(17)15-10-7-9(14)5-6-11(10)19-4/h5-7,18H,8H2,1-4H3,(H,15,17). The topological polar surface area (TPSA) is 61.8 Å². The SMILES string of the molecule is COc1ccc(F)cc1NC(=O)N(C)CC(C)(C)O. The Bertz CT molecular complexity index is 458. The van der Waals surface area contributed by atoms with Gasteiger partial charge in [-0.1, -0.05) is 0 Å². The monoisotopic (exact) mass is 270 g/mol. The van der Waals surface area contributed by atoms with Gasteiger partial charge in [0.2, 0.25) is 0 Å². The fourth-order valence-corrected chi connectivity index (χ4v) is 1.64. The van der Waals surface area contributed by atoms with Crippen molar-refractivity contribution in [2.24, 2.45) is 0 Å². The minimum absolute atomic E-state index is 0.149. The highest BCUT2D eigenvalue weighted by atomic mass is 19.1. The van der Waals surface area contributed by atoms with E-state index in [1.807, 2.05) is 0 Å². The van der Waals surface area contributed by atoms with Crippen LogP contribution in [0.25, 0.3) is 0 Å². The number of rotatable bonds is 4. The van der Waals surface area contributed by atoms with Crippen molar-refractivity contribution in [1.82, 2.24) is 4.90 Å². The number of hydrogen-bond donors (Lipinski definition) is 2. The first kappa shape index (κ1) is 15.2. The molecule has 106 valence electrons. The molecule has 0 saturated heterocycles. The molecule has 5 nitrogen and oxygen atoms in total. The molecule has 19 heavy (non-hydrogen) atoms. The van der Waals surface area contributed by atoms with Crippen LogP contribution in [0, 0.1) is 5.82 Å². The largest absolute Gasteiger partial charge is 0.495 e. The molecular formula is C13H19FN2O3. The molecule has 0 aromatic heterocycles. The second-order valence-electron chi connectivity index (χ2n) is 4.94. The van der Waals surface area contributed by atoms with Crippen LogP contribution in [0.1, 0.15) is 13.8 Å². The molecule has 0 aliphatic carbocycles. The van der Waals surface area contributed by atoms with Crippen LogP contribution in [0.5, 0.6) is 5.75 Å². The number of nitrogens with one attached hydrogen (secondary N) is 1. The lowest BCUT2D eigenvalue weighted by Gasteiger charge is -2.26. The number of hydrogen-bond acceptors (Lipinski definition) is 3. The van der Waals surface area contributed by atoms with E-state index in [4.69, 9.17) is 4.74 Å². The Hall–Kier alpha value is -1.82. The number of likely N-dealkylation sites (N-methyl/N-ethyl adjacent to an activating group) is 1. The summed E-state index contributed by atoms with van der Waals surface area (Å²) in [7, 11) is 2.97. The minimum atomic E-state index is -1.00. The highest BCUT2D eigenvalue weighted by Gasteiger charge is 2.20. The molecule has 2 N–H and O–H groups in total. The van der Waals surface area contributed by atoms with Crippen LogP contribution in [-0.2, 0) is 0 Å². The molecule has 2 amide bonds. The van der Waals surface area contributed by atoms with Gasteiger partial charge in [-0.2, -0.15) is 0 Å². The predicted octanol–water partition coefficient (Wildman–Crippen LogP) is 2.07. The van der Waals surface area contributed by atoms with Crippen molar-refractivity contribution >= 4 is 11.7 Å². The normalized spacial score (nSPS) is 11.1. The maximum absolute atomic E-state index is 13.1. The van der Waals surface area contributed by atoms with E-state index in [1.165, 1.54) is 30.2 Å². The molecule has 6 heteroatoms. The maximum Gasteiger partial charge on any atom is 0.321 e. The summed E-state index contributed by atoms with van der Waals surface area (Å²) in [5.41, 5.74) is -0.756. The number of halogens is 1. The van der Waals surface area contributed by atoms with E-state index < -0.39 is 17.4 Å². The van der Waals surface area contributed by atoms with Gasteiger partial charge in [0.05, 0.1) is 24.9 Å². The van der Waals surface area contributed by atoms with Gasteiger partial charge in [0, 0.05) is 13.1 Å². The molecule has 1 aromatic rings. The number of methoxy groups -OCH3 is 1. The maximum atomic E-state index is 13.1. The Morgan fingerprint density at radius 3 is 2.68 bits per heavy atom. The Labute approximate surface area is 112 Å². The summed E-state index contributed by atoms with van der Waals surface area (Å²) in [6.45, 7) is 3.34. The van der Waals surface area contributed by atoms with Crippen molar-refractivity contribution in [3.63, 3.8) is 0 Å². The molecular weight excluding hydrogens is 251 g/mol. The minimum Gasteiger partial charge on any atom is -0.495 e. The van der Waals surface area contributed by atoms with E-state index in [0.29, 0.717) is 5.75 Å². The first-order valence-electron chi connectivity index (χ1n) is 5.81. The van der Waals surface area contributed by atoms with E-state index in [-0.39, 0.29) is 12.2 Å². The molecule has 0 spiro atoms. The molecule has 0 atom stereocenters. The third kappa shape index (κ3) is 4.75. The number of ether oxygens (including phenoxy) is 1. The molecule has 0 unspecified atom stereocenters. The lowest BCUT2D eigenvalue weighted by atomic mass is 10.1. The smallest absolute Gasteiger partial charge is 0.321 e. The number of amides is 2. The molecule has 0 bridgehead atoms. The predicted molar refractivity (Wildman–Crippen MR) is 70.9 cm³/mol. The first-order valence-corrected chi connectivity index (χ1v) is 5.81. The Morgan fingerprint density at radius 2 is 2.16 bits per heavy atom. The fraction of sp³-hybridized carbons (Fsp3) is 0.462. The van der Waals surface area contributed by atoms with Crippen molar-refractivity contribution in [3.8, 4) is 5.75 Å². The zero-order valence-corrected chi connectivity index (χ0v) is 11.5. The van der Waals surface area contributed by atoms with Gasteiger partial charge in [0.15, 0.2) is 0 Å². The van der Waals surface area contributed by atoms with Crippen molar-refractivity contribution in [2.75, 3.05) is 26.0 Å². The fourth-order valence-electron chi connectivity index (χ4n) is 1.64. The number of urea groups is 1. The molecule has 1 rings (SSSR count). The van der Waals surface area contributed by atoms with Crippen LogP contribution in [0.3, 0.4) is 0 Å². The quantitative estimate of drug-likeness (QED) is 0.880. The zero-order valence-electron chi connectivity index (χ0n) is 11.5. The Kier molecular flexibility index (Phi) is 4.72. The molecule has 0 aliphatic heterocycles. The van der Waals surface area contributed by atoms with Gasteiger partial charge in [-0.05, 0) is 26.0 Å². The highest BCUT2D eigenvalue weighted by molar-refractivity contribution is 5.90. The molecule has 0 radical (unpaired) electrons. The summed E-state index contributed by atoms with van der Waals surface area (Å²) >= 11 is 0. The summed E-state index contributed by atoms with van der Waals surface area (Å²) in [6.07, 6.45) is 0. The number of aliphatic hydroxyl groups is 1. The number of carbonyl (C=O) groups excluding carboxylic acids is 1. The summed E-state index contributed by atoms with van der Waals surface area (Å²) in [6, 6.07) is 3.40. The van der Waals surface area contributed by atoms with Crippen molar-refractivity contribution in [3.05, 3.63) is 24.0 Å². The van der Waals surface area contributed by atoms with Gasteiger partial charge in [-0.3, -0.25) is 0 Å². The molecule has 0 aliphatic rings. The average Bonchev–Trinajstić information content (AvgIpc) is 2.27. The van der Waals surface area contributed by atoms with Crippen molar-refractivity contribution in [1.29, 1.82) is 0 Å². The third-order valence-corrected chi connectivity index (χ3v) is 2.37. The Balaban J connectivity index is 2.79. The lowest BCUT2D eigenvalue weighted by Crippen LogP contribution is -2.41. The van der Waals surface area contributed by atoms with Crippen molar-refractivity contribution < 1.29 is 19.0 Å². The number of carbonyl (C=O) groups is 1. The summed E-state index contributed by atoms with van der Waals surface area (Å²) in [5, 5.41) is 12.2. The van der Waals surface area contributed by atoms with E-state index in [2.05, 4.69) is 5.32 Å². The van der Waals surface area contributed by atoms with E-state index in [9.17, 15) is 14.3 Å². The average molecular weight is 270 g/mol. The van der Waals surface area contributed by atoms with Gasteiger partial charge in [0.1, 0.15) is 11.6 Å². The van der Waals surface area contributed by atoms with Gasteiger partial charge in [-0.15, -0.1) is 0 Å². The van der Waals surface area contributed by atoms with E-state index in [1.54, 1.807) is 20.9 Å². The lowest BCUT2D eigenvalue weighted by molar-refractivity contribution is 0.0550. The summed E-state index contributed by atoms with van der Waals surface area (Å²) in [4.78, 5) is 13.2. The van der Waals surface area contributed by atoms with Crippen LogP contribution in [0.15, 0.2) is 18.2 Å². The first-order chi connectivity index (χ1) is 8.73. The van der Waals surface area contributed by atoms with Crippen LogP contribution in [0.4, 0.5) is 14.9 Å². The molecule has 0 heterocycles. The second kappa shape index (κ2) is 5.88. The Morgan fingerprint density at radius 1 is 1.53 bits per heavy atom. The van der Waals surface area contributed by atoms with Gasteiger partial charge < -0.3 is 20.1 Å². The van der Waals surface area contributed by atoms with Gasteiger partial charge >= 0.3 is 6.03 Å². The van der Waals surface area contributed by atoms with Crippen molar-refractivity contribution in [2.45, 2.75) is 19.4 Å². The zero-order chi connectivity index (χ0) is 14.6. The number of benzene rings is 1. The second-order valence-corrected chi connectivity index (χ2v) is 4.94. The molecule has 0 saturated carbocycles. The van der Waals surface area contributed by atoms with Crippen LogP contribution in [-0.4, -0.2) is 42.3 Å².